The van der Waals surface area contributed by atoms with Gasteiger partial charge >= 0.3 is 6.03 Å². The molecule has 0 heterocycles. The van der Waals surface area contributed by atoms with Gasteiger partial charge in [-0.05, 0) is 55.8 Å². The van der Waals surface area contributed by atoms with Gasteiger partial charge in [-0.1, -0.05) is 28.1 Å². The number of urea groups is 1. The van der Waals surface area contributed by atoms with Gasteiger partial charge in [-0.2, -0.15) is 0 Å². The van der Waals surface area contributed by atoms with Gasteiger partial charge in [0.05, 0.1) is 6.54 Å². The second-order valence-corrected chi connectivity index (χ2v) is 6.03. The smallest absolute Gasteiger partial charge is 0.321 e. The Bertz CT molecular complexity index is 644. The molecule has 0 fully saturated rings. The van der Waals surface area contributed by atoms with Gasteiger partial charge < -0.3 is 10.1 Å². The Balaban J connectivity index is 1.82. The van der Waals surface area contributed by atoms with Crippen molar-refractivity contribution in [3.05, 3.63) is 58.6 Å². The maximum absolute atomic E-state index is 12.3. The van der Waals surface area contributed by atoms with Crippen LogP contribution in [0, 0.1) is 6.92 Å². The molecular formula is C18H21BrN2O2. The van der Waals surface area contributed by atoms with Crippen LogP contribution in [0.1, 0.15) is 12.5 Å². The number of carbonyl (C=O) groups is 1. The lowest BCUT2D eigenvalue weighted by molar-refractivity contribution is 0.242. The van der Waals surface area contributed by atoms with Crippen LogP contribution in [-0.2, 0) is 0 Å². The molecule has 0 atom stereocenters. The Hall–Kier alpha value is -2.01. The summed E-state index contributed by atoms with van der Waals surface area (Å²) >= 11 is 3.38. The molecule has 2 aromatic carbocycles. The van der Waals surface area contributed by atoms with Gasteiger partial charge in [0.2, 0.25) is 0 Å². The summed E-state index contributed by atoms with van der Waals surface area (Å²) < 4.78 is 6.60. The quantitative estimate of drug-likeness (QED) is 0.760. The molecule has 0 unspecified atom stereocenters. The molecule has 2 rings (SSSR count). The van der Waals surface area contributed by atoms with Crippen LogP contribution in [0.5, 0.6) is 5.75 Å². The van der Waals surface area contributed by atoms with Gasteiger partial charge in [-0.3, -0.25) is 4.90 Å². The molecule has 0 aliphatic carbocycles. The van der Waals surface area contributed by atoms with Crippen LogP contribution in [0.15, 0.2) is 53.0 Å². The van der Waals surface area contributed by atoms with E-state index in [1.807, 2.05) is 62.4 Å². The SMILES string of the molecule is CCN(C(=O)NCCOc1ccc(Br)cc1)c1cccc(C)c1. The van der Waals surface area contributed by atoms with Crippen LogP contribution < -0.4 is 15.0 Å². The Morgan fingerprint density at radius 3 is 2.61 bits per heavy atom. The lowest BCUT2D eigenvalue weighted by atomic mass is 10.2. The topological polar surface area (TPSA) is 41.6 Å². The van der Waals surface area contributed by atoms with Crippen LogP contribution in [0.3, 0.4) is 0 Å². The molecule has 2 aromatic rings. The maximum Gasteiger partial charge on any atom is 0.321 e. The lowest BCUT2D eigenvalue weighted by Crippen LogP contribution is -2.41. The molecule has 1 N–H and O–H groups in total. The first kappa shape index (κ1) is 17.3. The highest BCUT2D eigenvalue weighted by Gasteiger charge is 2.13. The van der Waals surface area contributed by atoms with E-state index in [4.69, 9.17) is 4.74 Å². The minimum atomic E-state index is -0.113. The van der Waals surface area contributed by atoms with Crippen molar-refractivity contribution in [2.45, 2.75) is 13.8 Å². The van der Waals surface area contributed by atoms with Crippen molar-refractivity contribution in [2.75, 3.05) is 24.6 Å². The van der Waals surface area contributed by atoms with E-state index >= 15 is 0 Å². The first-order valence-electron chi connectivity index (χ1n) is 7.60. The van der Waals surface area contributed by atoms with Gasteiger partial charge in [0.1, 0.15) is 12.4 Å². The Labute approximate surface area is 145 Å². The van der Waals surface area contributed by atoms with E-state index in [0.717, 1.165) is 21.5 Å². The number of halogens is 1. The first-order valence-corrected chi connectivity index (χ1v) is 8.40. The summed E-state index contributed by atoms with van der Waals surface area (Å²) in [5, 5.41) is 2.89. The molecule has 0 spiro atoms. The minimum Gasteiger partial charge on any atom is -0.492 e. The summed E-state index contributed by atoms with van der Waals surface area (Å²) in [6.07, 6.45) is 0. The molecule has 122 valence electrons. The van der Waals surface area contributed by atoms with Crippen LogP contribution >= 0.6 is 15.9 Å². The lowest BCUT2D eigenvalue weighted by Gasteiger charge is -2.22. The van der Waals surface area contributed by atoms with Crippen molar-refractivity contribution >= 4 is 27.6 Å². The molecule has 0 radical (unpaired) electrons. The number of hydrogen-bond donors (Lipinski definition) is 1. The predicted octanol–water partition coefficient (Wildman–Crippen LogP) is 4.37. The monoisotopic (exact) mass is 376 g/mol. The second-order valence-electron chi connectivity index (χ2n) is 5.12. The summed E-state index contributed by atoms with van der Waals surface area (Å²) in [7, 11) is 0. The zero-order valence-electron chi connectivity index (χ0n) is 13.4. The number of ether oxygens (including phenoxy) is 1. The predicted molar refractivity (Wildman–Crippen MR) is 97.2 cm³/mol. The fourth-order valence-electron chi connectivity index (χ4n) is 2.19. The van der Waals surface area contributed by atoms with Crippen molar-refractivity contribution in [3.63, 3.8) is 0 Å². The van der Waals surface area contributed by atoms with Crippen LogP contribution in [-0.4, -0.2) is 25.7 Å². The number of nitrogens with zero attached hydrogens (tertiary/aromatic N) is 1. The van der Waals surface area contributed by atoms with Gasteiger partial charge in [0.15, 0.2) is 0 Å². The van der Waals surface area contributed by atoms with E-state index in [9.17, 15) is 4.79 Å². The molecule has 0 saturated carbocycles. The third-order valence-electron chi connectivity index (χ3n) is 3.34. The number of aryl methyl sites for hydroxylation is 1. The van der Waals surface area contributed by atoms with Crippen molar-refractivity contribution in [2.24, 2.45) is 0 Å². The highest BCUT2D eigenvalue weighted by Crippen LogP contribution is 2.16. The Morgan fingerprint density at radius 1 is 1.22 bits per heavy atom. The summed E-state index contributed by atoms with van der Waals surface area (Å²) in [6, 6.07) is 15.4. The summed E-state index contributed by atoms with van der Waals surface area (Å²) in [6.45, 7) is 5.47. The molecule has 0 aromatic heterocycles. The zero-order chi connectivity index (χ0) is 16.7. The van der Waals surface area contributed by atoms with E-state index in [0.29, 0.717) is 19.7 Å². The van der Waals surface area contributed by atoms with Gasteiger partial charge in [-0.15, -0.1) is 0 Å². The molecule has 0 bridgehead atoms. The van der Waals surface area contributed by atoms with Gasteiger partial charge in [0, 0.05) is 16.7 Å². The molecule has 2 amide bonds. The highest BCUT2D eigenvalue weighted by molar-refractivity contribution is 9.10. The Kier molecular flexibility index (Phi) is 6.47. The van der Waals surface area contributed by atoms with Gasteiger partial charge in [0.25, 0.3) is 0 Å². The highest BCUT2D eigenvalue weighted by atomic mass is 79.9. The summed E-state index contributed by atoms with van der Waals surface area (Å²) in [4.78, 5) is 14.0. The normalized spacial score (nSPS) is 10.2. The molecule has 5 heteroatoms. The molecule has 0 aliphatic rings. The van der Waals surface area contributed by atoms with Gasteiger partial charge in [-0.25, -0.2) is 4.79 Å². The van der Waals surface area contributed by atoms with E-state index in [1.54, 1.807) is 4.90 Å². The average molecular weight is 377 g/mol. The van der Waals surface area contributed by atoms with E-state index in [1.165, 1.54) is 0 Å². The van der Waals surface area contributed by atoms with E-state index in [-0.39, 0.29) is 6.03 Å². The first-order chi connectivity index (χ1) is 11.1. The van der Waals surface area contributed by atoms with Crippen LogP contribution in [0.25, 0.3) is 0 Å². The Morgan fingerprint density at radius 2 is 1.96 bits per heavy atom. The van der Waals surface area contributed by atoms with Crippen LogP contribution in [0.4, 0.5) is 10.5 Å². The van der Waals surface area contributed by atoms with E-state index < -0.39 is 0 Å². The molecule has 0 saturated heterocycles. The summed E-state index contributed by atoms with van der Waals surface area (Å²) in [5.74, 6) is 0.786. The zero-order valence-corrected chi connectivity index (χ0v) is 15.0. The minimum absolute atomic E-state index is 0.113. The molecule has 0 aliphatic heterocycles. The number of carbonyl (C=O) groups excluding carboxylic acids is 1. The fraction of sp³-hybridized carbons (Fsp3) is 0.278. The largest absolute Gasteiger partial charge is 0.492 e. The van der Waals surface area contributed by atoms with Crippen molar-refractivity contribution in [3.8, 4) is 5.75 Å². The third kappa shape index (κ3) is 5.28. The van der Waals surface area contributed by atoms with E-state index in [2.05, 4.69) is 21.2 Å². The van der Waals surface area contributed by atoms with Crippen LogP contribution in [0.2, 0.25) is 0 Å². The number of amides is 2. The fourth-order valence-corrected chi connectivity index (χ4v) is 2.46. The number of benzene rings is 2. The number of anilines is 1. The number of hydrogen-bond acceptors (Lipinski definition) is 2. The molecular weight excluding hydrogens is 356 g/mol. The second kappa shape index (κ2) is 8.58. The summed E-state index contributed by atoms with van der Waals surface area (Å²) in [5.41, 5.74) is 2.03. The maximum atomic E-state index is 12.3. The molecule has 23 heavy (non-hydrogen) atoms. The van der Waals surface area contributed by atoms with Crippen molar-refractivity contribution < 1.29 is 9.53 Å². The average Bonchev–Trinajstić information content (AvgIpc) is 2.54. The number of nitrogens with one attached hydrogen (secondary N) is 1. The third-order valence-corrected chi connectivity index (χ3v) is 3.86. The number of rotatable bonds is 6. The molecule has 4 nitrogen and oxygen atoms in total. The van der Waals surface area contributed by atoms with Crippen molar-refractivity contribution in [1.82, 2.24) is 5.32 Å². The van der Waals surface area contributed by atoms with Crippen molar-refractivity contribution in [1.29, 1.82) is 0 Å². The standard InChI is InChI=1S/C18H21BrN2O2/c1-3-21(16-6-4-5-14(2)13-16)18(22)20-11-12-23-17-9-7-15(19)8-10-17/h4-10,13H,3,11-12H2,1-2H3,(H,20,22).